The van der Waals surface area contributed by atoms with Crippen LogP contribution in [0, 0.1) is 0 Å². The second-order valence-corrected chi connectivity index (χ2v) is 10.4. The van der Waals surface area contributed by atoms with Crippen molar-refractivity contribution in [1.29, 1.82) is 0 Å². The van der Waals surface area contributed by atoms with Gasteiger partial charge in [-0.15, -0.1) is 0 Å². The summed E-state index contributed by atoms with van der Waals surface area (Å²) in [6.45, 7) is 7.14. The lowest BCUT2D eigenvalue weighted by Gasteiger charge is -2.27. The van der Waals surface area contributed by atoms with E-state index in [4.69, 9.17) is 21.1 Å². The van der Waals surface area contributed by atoms with Gasteiger partial charge in [0.2, 0.25) is 0 Å². The molecule has 206 valence electrons. The summed E-state index contributed by atoms with van der Waals surface area (Å²) in [5.41, 5.74) is 4.24. The smallest absolute Gasteiger partial charge is 0.323 e. The lowest BCUT2D eigenvalue weighted by molar-refractivity contribution is -0.137. The Morgan fingerprint density at radius 2 is 1.79 bits per heavy atom. The fraction of sp³-hybridized carbons (Fsp3) is 0.355. The molecule has 0 fully saturated rings. The molecule has 39 heavy (non-hydrogen) atoms. The first-order valence-corrected chi connectivity index (χ1v) is 13.6. The Hall–Kier alpha value is -3.39. The average molecular weight is 551 g/mol. The first kappa shape index (κ1) is 28.6. The van der Waals surface area contributed by atoms with Crippen molar-refractivity contribution in [3.05, 3.63) is 99.6 Å². The number of amides is 1. The van der Waals surface area contributed by atoms with Gasteiger partial charge in [0.15, 0.2) is 0 Å². The third kappa shape index (κ3) is 8.05. The highest BCUT2D eigenvalue weighted by Gasteiger charge is 2.22. The minimum atomic E-state index is -1.09. The molecule has 8 heteroatoms. The normalized spacial score (nSPS) is 14.7. The van der Waals surface area contributed by atoms with Crippen LogP contribution < -0.4 is 4.74 Å². The van der Waals surface area contributed by atoms with E-state index in [-0.39, 0.29) is 12.5 Å². The molecular formula is C31H35ClN2O5. The van der Waals surface area contributed by atoms with E-state index >= 15 is 0 Å². The molecule has 1 aliphatic rings. The predicted octanol–water partition coefficient (Wildman–Crippen LogP) is 5.28. The Labute approximate surface area is 234 Å². The third-order valence-electron chi connectivity index (χ3n) is 6.75. The number of carbonyl (C=O) groups excluding carboxylic acids is 1. The van der Waals surface area contributed by atoms with Gasteiger partial charge in [0.05, 0.1) is 13.2 Å². The first-order valence-electron chi connectivity index (χ1n) is 13.2. The van der Waals surface area contributed by atoms with E-state index in [1.165, 1.54) is 10.5 Å². The summed E-state index contributed by atoms with van der Waals surface area (Å²) in [7, 11) is 0. The van der Waals surface area contributed by atoms with Crippen molar-refractivity contribution in [2.24, 2.45) is 0 Å². The van der Waals surface area contributed by atoms with Crippen LogP contribution in [0.1, 0.15) is 46.5 Å². The molecule has 0 saturated carbocycles. The van der Waals surface area contributed by atoms with E-state index in [9.17, 15) is 14.7 Å². The number of fused-ring (bicyclic) bond motifs is 3. The zero-order valence-corrected chi connectivity index (χ0v) is 23.2. The molecule has 0 aliphatic carbocycles. The van der Waals surface area contributed by atoms with Crippen LogP contribution >= 0.6 is 11.6 Å². The van der Waals surface area contributed by atoms with E-state index in [2.05, 4.69) is 43.0 Å². The van der Waals surface area contributed by atoms with E-state index < -0.39 is 12.5 Å². The highest BCUT2D eigenvalue weighted by Crippen LogP contribution is 2.26. The lowest BCUT2D eigenvalue weighted by Crippen LogP contribution is -2.35. The van der Waals surface area contributed by atoms with Gasteiger partial charge in [0, 0.05) is 42.7 Å². The number of carbonyl (C=O) groups is 2. The number of aliphatic carboxylic acids is 1. The number of carboxylic acids is 1. The molecule has 7 nitrogen and oxygen atoms in total. The maximum atomic E-state index is 13.6. The summed E-state index contributed by atoms with van der Waals surface area (Å²) < 4.78 is 11.9. The minimum Gasteiger partial charge on any atom is -0.491 e. The Balaban J connectivity index is 1.64. The fourth-order valence-corrected chi connectivity index (χ4v) is 4.87. The van der Waals surface area contributed by atoms with Crippen molar-refractivity contribution in [1.82, 2.24) is 9.80 Å². The van der Waals surface area contributed by atoms with Gasteiger partial charge in [-0.2, -0.15) is 0 Å². The van der Waals surface area contributed by atoms with Gasteiger partial charge in [0.1, 0.15) is 18.9 Å². The molecule has 1 amide bonds. The van der Waals surface area contributed by atoms with Crippen LogP contribution in [0.3, 0.4) is 0 Å². The van der Waals surface area contributed by atoms with Gasteiger partial charge < -0.3 is 19.5 Å². The SMILES string of the molecule is CC(C)N1CCOCCOc2ccc(C(=O)N(CC(=O)O)Cc3ccccc3Cl)cc2Cc2cccc(c2)C1. The van der Waals surface area contributed by atoms with Gasteiger partial charge in [-0.1, -0.05) is 54.1 Å². The largest absolute Gasteiger partial charge is 0.491 e. The summed E-state index contributed by atoms with van der Waals surface area (Å²) in [6, 6.07) is 21.2. The van der Waals surface area contributed by atoms with Crippen LogP contribution in [0.15, 0.2) is 66.7 Å². The first-order chi connectivity index (χ1) is 18.8. The molecule has 0 radical (unpaired) electrons. The van der Waals surface area contributed by atoms with E-state index in [0.29, 0.717) is 54.2 Å². The van der Waals surface area contributed by atoms with Crippen LogP contribution in [0.5, 0.6) is 5.75 Å². The van der Waals surface area contributed by atoms with Crippen molar-refractivity contribution in [3.8, 4) is 5.75 Å². The van der Waals surface area contributed by atoms with Crippen LogP contribution in [-0.2, 0) is 29.0 Å². The Morgan fingerprint density at radius 1 is 1.00 bits per heavy atom. The number of halogens is 1. The van der Waals surface area contributed by atoms with Crippen molar-refractivity contribution in [3.63, 3.8) is 0 Å². The second kappa shape index (κ2) is 13.6. The van der Waals surface area contributed by atoms with Gasteiger partial charge in [-0.05, 0) is 60.4 Å². The molecule has 0 atom stereocenters. The monoisotopic (exact) mass is 550 g/mol. The van der Waals surface area contributed by atoms with E-state index in [1.807, 2.05) is 6.07 Å². The molecule has 2 bridgehead atoms. The molecule has 3 aromatic rings. The second-order valence-electron chi connectivity index (χ2n) is 9.99. The number of carboxylic acid groups (broad SMARTS) is 1. The average Bonchev–Trinajstić information content (AvgIpc) is 2.90. The van der Waals surface area contributed by atoms with Gasteiger partial charge in [-0.3, -0.25) is 14.5 Å². The lowest BCUT2D eigenvalue weighted by atomic mass is 9.99. The van der Waals surface area contributed by atoms with Crippen molar-refractivity contribution in [2.45, 2.75) is 39.4 Å². The maximum Gasteiger partial charge on any atom is 0.323 e. The van der Waals surface area contributed by atoms with Crippen LogP contribution in [-0.4, -0.2) is 65.7 Å². The zero-order chi connectivity index (χ0) is 27.8. The quantitative estimate of drug-likeness (QED) is 0.450. The molecule has 0 aromatic heterocycles. The maximum absolute atomic E-state index is 13.6. The number of rotatable bonds is 6. The third-order valence-corrected chi connectivity index (χ3v) is 7.12. The van der Waals surface area contributed by atoms with Crippen molar-refractivity contribution in [2.75, 3.05) is 32.9 Å². The number of hydrogen-bond donors (Lipinski definition) is 1. The summed E-state index contributed by atoms with van der Waals surface area (Å²) >= 11 is 6.30. The van der Waals surface area contributed by atoms with Gasteiger partial charge in [0.25, 0.3) is 5.91 Å². The van der Waals surface area contributed by atoms with Crippen LogP contribution in [0.25, 0.3) is 0 Å². The van der Waals surface area contributed by atoms with Gasteiger partial charge >= 0.3 is 5.97 Å². The highest BCUT2D eigenvalue weighted by atomic mass is 35.5. The molecule has 1 N–H and O–H groups in total. The summed E-state index contributed by atoms with van der Waals surface area (Å²) in [6.07, 6.45) is 0.566. The Kier molecular flexibility index (Phi) is 9.98. The van der Waals surface area contributed by atoms with Crippen molar-refractivity contribution >= 4 is 23.5 Å². The molecule has 0 unspecified atom stereocenters. The Bertz CT molecular complexity index is 1300. The summed E-state index contributed by atoms with van der Waals surface area (Å²) in [5.74, 6) is -0.800. The zero-order valence-electron chi connectivity index (χ0n) is 22.4. The number of benzene rings is 3. The number of ether oxygens (including phenoxy) is 2. The van der Waals surface area contributed by atoms with E-state index in [1.54, 1.807) is 36.4 Å². The highest BCUT2D eigenvalue weighted by molar-refractivity contribution is 6.31. The van der Waals surface area contributed by atoms with E-state index in [0.717, 1.165) is 24.2 Å². The van der Waals surface area contributed by atoms with Crippen LogP contribution in [0.4, 0.5) is 0 Å². The topological polar surface area (TPSA) is 79.3 Å². The number of hydrogen-bond acceptors (Lipinski definition) is 5. The minimum absolute atomic E-state index is 0.0874. The number of nitrogens with zero attached hydrogens (tertiary/aromatic N) is 2. The molecular weight excluding hydrogens is 516 g/mol. The molecule has 1 heterocycles. The molecule has 0 spiro atoms. The molecule has 1 aliphatic heterocycles. The van der Waals surface area contributed by atoms with Crippen LogP contribution in [0.2, 0.25) is 5.02 Å². The predicted molar refractivity (Wildman–Crippen MR) is 151 cm³/mol. The fourth-order valence-electron chi connectivity index (χ4n) is 4.68. The van der Waals surface area contributed by atoms with Gasteiger partial charge in [-0.25, -0.2) is 0 Å². The molecule has 4 rings (SSSR count). The standard InChI is InChI=1S/C31H35ClN2O5/c1-22(2)33-12-13-38-14-15-39-29-11-10-25(18-27(29)17-23-6-5-7-24(16-23)19-33)31(37)34(21-30(35)36)20-26-8-3-4-9-28(26)32/h3-11,16,18,22H,12-15,17,19-21H2,1-2H3,(H,35,36). The molecule has 0 saturated heterocycles. The summed E-state index contributed by atoms with van der Waals surface area (Å²) in [4.78, 5) is 28.9. The molecule has 3 aromatic carbocycles. The Morgan fingerprint density at radius 3 is 2.56 bits per heavy atom. The van der Waals surface area contributed by atoms with Crippen molar-refractivity contribution < 1.29 is 24.2 Å². The summed E-state index contributed by atoms with van der Waals surface area (Å²) in [5, 5.41) is 9.99.